The first-order valence-corrected chi connectivity index (χ1v) is 26.7. The van der Waals surface area contributed by atoms with Crippen LogP contribution in [0.25, 0.3) is 137 Å². The SMILES string of the molecule is C#C.C=C/C=C\C.C=Cc1c(C=C)n(-c2ccccc2)c2ccc3c4ccc5c(c6ccccc6n5-c5cccc(-c6ccc7sc8ccc(-n9c%10ccccc%10c%10ccccc%109)cc8c7c6)c5)c4oc3c12.CCCC. The van der Waals surface area contributed by atoms with Crippen molar-refractivity contribution in [1.82, 2.24) is 13.7 Å². The summed E-state index contributed by atoms with van der Waals surface area (Å²) in [7, 11) is 0. The largest absolute Gasteiger partial charge is 0.455 e. The molecule has 76 heavy (non-hydrogen) atoms. The molecule has 0 N–H and O–H groups in total. The van der Waals surface area contributed by atoms with E-state index in [1.807, 2.05) is 48.6 Å². The van der Waals surface area contributed by atoms with E-state index in [1.54, 1.807) is 6.08 Å². The van der Waals surface area contributed by atoms with Gasteiger partial charge < -0.3 is 18.1 Å². The first-order chi connectivity index (χ1) is 37.5. The Balaban J connectivity index is 0.000000516. The second-order valence-electron chi connectivity index (χ2n) is 18.7. The van der Waals surface area contributed by atoms with Crippen LogP contribution in [-0.2, 0) is 0 Å². The third-order valence-corrected chi connectivity index (χ3v) is 15.6. The predicted octanol–water partition coefficient (Wildman–Crippen LogP) is 20.8. The molecule has 14 rings (SSSR count). The number of nitrogens with zero attached hydrogens (tertiary/aromatic N) is 3. The number of unbranched alkanes of at least 4 members (excludes halogenated alkanes) is 1. The van der Waals surface area contributed by atoms with Gasteiger partial charge in [0.25, 0.3) is 0 Å². The van der Waals surface area contributed by atoms with E-state index < -0.39 is 0 Å². The smallest absolute Gasteiger partial charge is 0.145 e. The van der Waals surface area contributed by atoms with Gasteiger partial charge >= 0.3 is 0 Å². The zero-order valence-electron chi connectivity index (χ0n) is 43.1. The first kappa shape index (κ1) is 48.9. The highest BCUT2D eigenvalue weighted by Gasteiger charge is 2.24. The lowest BCUT2D eigenvalue weighted by Crippen LogP contribution is -1.96. The normalized spacial score (nSPS) is 11.4. The van der Waals surface area contributed by atoms with Gasteiger partial charge in [0.05, 0.1) is 44.0 Å². The van der Waals surface area contributed by atoms with Crippen molar-refractivity contribution >= 4 is 120 Å². The second-order valence-corrected chi connectivity index (χ2v) is 19.8. The fourth-order valence-corrected chi connectivity index (χ4v) is 12.0. The Kier molecular flexibility index (Phi) is 13.4. The number of thiophene rings is 1. The molecular formula is C71H57N3OS. The van der Waals surface area contributed by atoms with Crippen LogP contribution < -0.4 is 0 Å². The number of furan rings is 1. The standard InChI is InChI=1S/C60H37N3OS.C5H8.C4H10.C2H2/c1-3-41-49(4-2)61(38-16-6-5-7-17-38)53-29-27-44-45-28-30-54-58(60(45)64-59(44)57(41)53)46-21-10-13-24-52(46)63(54)39-18-14-15-36(33-39)37-25-31-55-47(34-37)48-35-40(26-32-56(48)65-55)62-50-22-11-8-19-42(50)43-20-9-12-23-51(43)62;1-3-5-4-2;1-3-4-2;1-2/h3-35H,1-2H2;3-5H,1H2,2H3;3-4H2,1-2H3;1-2H/b;5-4-;;. The van der Waals surface area contributed by atoms with Crippen LogP contribution in [0.5, 0.6) is 0 Å². The molecule has 5 heteroatoms. The van der Waals surface area contributed by atoms with Crippen LogP contribution in [0.15, 0.2) is 230 Å². The van der Waals surface area contributed by atoms with Crippen LogP contribution >= 0.6 is 11.3 Å². The van der Waals surface area contributed by atoms with Crippen molar-refractivity contribution in [1.29, 1.82) is 0 Å². The van der Waals surface area contributed by atoms with E-state index in [0.29, 0.717) is 0 Å². The molecule has 0 unspecified atom stereocenters. The molecule has 5 aromatic heterocycles. The number of allylic oxidation sites excluding steroid dienone is 3. The van der Waals surface area contributed by atoms with Gasteiger partial charge in [0.1, 0.15) is 11.2 Å². The van der Waals surface area contributed by atoms with Gasteiger partial charge in [-0.2, -0.15) is 0 Å². The number of para-hydroxylation sites is 4. The molecule has 0 saturated carbocycles. The second kappa shape index (κ2) is 20.9. The van der Waals surface area contributed by atoms with Crippen LogP contribution in [0.2, 0.25) is 0 Å². The van der Waals surface area contributed by atoms with Crippen LogP contribution in [0.1, 0.15) is 44.9 Å². The van der Waals surface area contributed by atoms with Crippen LogP contribution in [-0.4, -0.2) is 13.7 Å². The van der Waals surface area contributed by atoms with Crippen molar-refractivity contribution in [2.45, 2.75) is 33.6 Å². The van der Waals surface area contributed by atoms with Crippen LogP contribution in [0, 0.1) is 12.8 Å². The predicted molar refractivity (Wildman–Crippen MR) is 333 cm³/mol. The van der Waals surface area contributed by atoms with E-state index in [4.69, 9.17) is 4.42 Å². The number of rotatable bonds is 8. The maximum atomic E-state index is 7.15. The third-order valence-electron chi connectivity index (χ3n) is 14.4. The highest BCUT2D eigenvalue weighted by Crippen LogP contribution is 2.45. The fourth-order valence-electron chi connectivity index (χ4n) is 11.0. The van der Waals surface area contributed by atoms with Gasteiger partial charge in [0.15, 0.2) is 0 Å². The summed E-state index contributed by atoms with van der Waals surface area (Å²) in [5, 5.41) is 10.5. The molecule has 0 amide bonds. The topological polar surface area (TPSA) is 27.9 Å². The Morgan fingerprint density at radius 1 is 0.447 bits per heavy atom. The minimum Gasteiger partial charge on any atom is -0.455 e. The van der Waals surface area contributed by atoms with Gasteiger partial charge in [-0.05, 0) is 121 Å². The minimum atomic E-state index is 0.857. The first-order valence-electron chi connectivity index (χ1n) is 25.9. The molecule has 0 spiro atoms. The van der Waals surface area contributed by atoms with Crippen LogP contribution in [0.3, 0.4) is 0 Å². The van der Waals surface area contributed by atoms with Gasteiger partial charge in [-0.1, -0.05) is 162 Å². The van der Waals surface area contributed by atoms with Gasteiger partial charge in [0, 0.05) is 69.7 Å². The molecule has 0 aliphatic heterocycles. The van der Waals surface area contributed by atoms with Gasteiger partial charge in [-0.25, -0.2) is 0 Å². The van der Waals surface area contributed by atoms with Crippen molar-refractivity contribution in [3.8, 4) is 41.0 Å². The maximum absolute atomic E-state index is 7.15. The average molecular weight is 1000 g/mol. The monoisotopic (exact) mass is 999 g/mol. The Labute approximate surface area is 447 Å². The van der Waals surface area contributed by atoms with Crippen molar-refractivity contribution < 1.29 is 4.42 Å². The molecule has 0 bridgehead atoms. The Morgan fingerprint density at radius 3 is 1.58 bits per heavy atom. The lowest BCUT2D eigenvalue weighted by atomic mass is 10.0. The molecule has 0 fully saturated rings. The van der Waals surface area contributed by atoms with Gasteiger partial charge in [-0.15, -0.1) is 24.2 Å². The summed E-state index contributed by atoms with van der Waals surface area (Å²) in [4.78, 5) is 0. The average Bonchev–Trinajstić information content (AvgIpc) is 4.47. The highest BCUT2D eigenvalue weighted by atomic mass is 32.1. The summed E-state index contributed by atoms with van der Waals surface area (Å²) in [6.07, 6.45) is 20.1. The van der Waals surface area contributed by atoms with Crippen molar-refractivity contribution in [2.75, 3.05) is 0 Å². The highest BCUT2D eigenvalue weighted by molar-refractivity contribution is 7.25. The molecule has 5 heterocycles. The Morgan fingerprint density at radius 2 is 0.974 bits per heavy atom. The van der Waals surface area contributed by atoms with E-state index in [9.17, 15) is 0 Å². The summed E-state index contributed by atoms with van der Waals surface area (Å²) in [6.45, 7) is 18.3. The number of terminal acetylenes is 1. The van der Waals surface area contributed by atoms with Crippen LogP contribution in [0.4, 0.5) is 0 Å². The molecule has 14 aromatic rings. The molecule has 0 aliphatic rings. The van der Waals surface area contributed by atoms with Gasteiger partial charge in [-0.3, -0.25) is 0 Å². The molecule has 0 atom stereocenters. The molecule has 4 nitrogen and oxygen atoms in total. The zero-order valence-corrected chi connectivity index (χ0v) is 43.9. The van der Waals surface area contributed by atoms with Gasteiger partial charge in [0.2, 0.25) is 0 Å². The third kappa shape index (κ3) is 8.03. The van der Waals surface area contributed by atoms with E-state index in [2.05, 4.69) is 242 Å². The number of fused-ring (bicyclic) bond motifs is 15. The zero-order chi connectivity index (χ0) is 52.5. The fraction of sp³-hybridized carbons (Fsp3) is 0.0704. The summed E-state index contributed by atoms with van der Waals surface area (Å²) in [5.74, 6) is 0. The maximum Gasteiger partial charge on any atom is 0.145 e. The van der Waals surface area contributed by atoms with Crippen molar-refractivity contribution in [3.63, 3.8) is 0 Å². The summed E-state index contributed by atoms with van der Waals surface area (Å²) in [5.41, 5.74) is 15.1. The van der Waals surface area contributed by atoms with E-state index in [0.717, 1.165) is 77.3 Å². The lowest BCUT2D eigenvalue weighted by Gasteiger charge is -2.11. The number of aromatic nitrogens is 3. The summed E-state index contributed by atoms with van der Waals surface area (Å²) < 4.78 is 16.8. The van der Waals surface area contributed by atoms with E-state index in [1.165, 1.54) is 71.6 Å². The number of hydrogen-bond acceptors (Lipinski definition) is 2. The minimum absolute atomic E-state index is 0.857. The Bertz CT molecular complexity index is 4530. The number of benzene rings is 9. The number of hydrogen-bond donors (Lipinski definition) is 0. The Hall–Kier alpha value is -9.34. The van der Waals surface area contributed by atoms with Crippen molar-refractivity contribution in [2.24, 2.45) is 0 Å². The molecule has 9 aromatic carbocycles. The quantitative estimate of drug-likeness (QED) is 0.110. The molecule has 0 aliphatic carbocycles. The van der Waals surface area contributed by atoms with E-state index >= 15 is 0 Å². The van der Waals surface area contributed by atoms with E-state index in [-0.39, 0.29) is 0 Å². The molecule has 0 saturated heterocycles. The molecular weight excluding hydrogens is 943 g/mol. The summed E-state index contributed by atoms with van der Waals surface area (Å²) >= 11 is 1.86. The molecule has 368 valence electrons. The van der Waals surface area contributed by atoms with Crippen molar-refractivity contribution in [3.05, 3.63) is 237 Å². The lowest BCUT2D eigenvalue weighted by molar-refractivity contribution is 0.676. The molecule has 0 radical (unpaired) electrons. The summed E-state index contributed by atoms with van der Waals surface area (Å²) in [6, 6.07) is 68.3.